The minimum atomic E-state index is -0.0776. The standard InChI is InChI=1S/C78H64/c1-75(2,3)45-33-43(34-46(37-45)76(4,5)6)67-63-39-61-57-27-25-53-49-21-13-17-41-18-14-22-50(65(41)49)54-26-28-58(71(57)69(53)54)62(61)40-64(63)68(44-35-47(77(7,8)9)38-48(36-44)78(10,11)12)74-60-32-30-56-52-24-16-20-42-19-15-23-51(66(42)52)55-29-31-59(73(67)74)72(60)70(55)56/h13-40H,1-12H3. The maximum atomic E-state index is 2.65. The highest BCUT2D eigenvalue weighted by atomic mass is 14.3. The van der Waals surface area contributed by atoms with Gasteiger partial charge in [0.25, 0.3) is 0 Å². The predicted molar refractivity (Wildman–Crippen MR) is 344 cm³/mol. The highest BCUT2D eigenvalue weighted by Crippen LogP contribution is 2.57. The summed E-state index contributed by atoms with van der Waals surface area (Å²) in [5.74, 6) is 0. The van der Waals surface area contributed by atoms with Gasteiger partial charge in [-0.1, -0.05) is 241 Å². The lowest BCUT2D eigenvalue weighted by Crippen LogP contribution is -2.16. The lowest BCUT2D eigenvalue weighted by atomic mass is 9.76. The van der Waals surface area contributed by atoms with Crippen molar-refractivity contribution in [1.29, 1.82) is 0 Å². The predicted octanol–water partition coefficient (Wildman–Crippen LogP) is 23.0. The van der Waals surface area contributed by atoms with Crippen LogP contribution in [0.3, 0.4) is 0 Å². The molecule has 78 heavy (non-hydrogen) atoms. The SMILES string of the molecule is CC(C)(C)c1cc(-c2c3cc4c(cc3c(-c3cc(C(C)(C)C)cc(C(C)(C)C)c3)c3c5ccc6c7cccc8cccc(c9ccc(c23)c5c96)c87)c2ccc3c5cccc6cccc(c7ccc4c2c73)c65)cc(C(C)(C)C)c1. The van der Waals surface area contributed by atoms with E-state index in [1.807, 2.05) is 0 Å². The zero-order valence-electron chi connectivity index (χ0n) is 47.2. The van der Waals surface area contributed by atoms with Crippen LogP contribution in [0.1, 0.15) is 105 Å². The van der Waals surface area contributed by atoms with Gasteiger partial charge in [0.1, 0.15) is 0 Å². The first-order chi connectivity index (χ1) is 37.2. The summed E-state index contributed by atoms with van der Waals surface area (Å²) in [7, 11) is 0. The second-order valence-electron chi connectivity index (χ2n) is 27.6. The van der Waals surface area contributed by atoms with E-state index in [9.17, 15) is 0 Å². The maximum Gasteiger partial charge on any atom is -0.000740 e. The molecule has 0 amide bonds. The van der Waals surface area contributed by atoms with Crippen LogP contribution in [0.15, 0.2) is 170 Å². The average molecular weight is 1000 g/mol. The molecule has 0 atom stereocenters. The number of hydrogen-bond donors (Lipinski definition) is 0. The molecule has 376 valence electrons. The molecule has 0 saturated carbocycles. The summed E-state index contributed by atoms with van der Waals surface area (Å²) in [6.45, 7) is 28.6. The third-order valence-corrected chi connectivity index (χ3v) is 18.8. The molecule has 16 rings (SSSR count). The number of fused-ring (bicyclic) bond motifs is 11. The van der Waals surface area contributed by atoms with Crippen molar-refractivity contribution in [3.8, 4) is 22.3 Å². The molecule has 0 saturated heterocycles. The molecule has 16 aromatic carbocycles. The molecule has 0 fully saturated rings. The molecule has 0 heterocycles. The van der Waals surface area contributed by atoms with Crippen molar-refractivity contribution in [2.24, 2.45) is 0 Å². The van der Waals surface area contributed by atoms with Crippen molar-refractivity contribution < 1.29 is 0 Å². The van der Waals surface area contributed by atoms with Gasteiger partial charge in [-0.3, -0.25) is 0 Å². The first kappa shape index (κ1) is 46.1. The monoisotopic (exact) mass is 1000 g/mol. The van der Waals surface area contributed by atoms with Crippen LogP contribution in [-0.4, -0.2) is 0 Å². The molecule has 0 N–H and O–H groups in total. The Morgan fingerprint density at radius 3 is 0.718 bits per heavy atom. The van der Waals surface area contributed by atoms with E-state index in [0.717, 1.165) is 0 Å². The lowest BCUT2D eigenvalue weighted by Gasteiger charge is -2.28. The van der Waals surface area contributed by atoms with Crippen LogP contribution in [0.5, 0.6) is 0 Å². The Bertz CT molecular complexity index is 4880. The van der Waals surface area contributed by atoms with E-state index >= 15 is 0 Å². The largest absolute Gasteiger partial charge is 0.0610 e. The van der Waals surface area contributed by atoms with Crippen molar-refractivity contribution in [3.05, 3.63) is 192 Å². The molecule has 0 nitrogen and oxygen atoms in total. The van der Waals surface area contributed by atoms with E-state index in [2.05, 4.69) is 253 Å². The summed E-state index contributed by atoms with van der Waals surface area (Å²) in [6.07, 6.45) is 0. The minimum absolute atomic E-state index is 0.0776. The van der Waals surface area contributed by atoms with Gasteiger partial charge in [0.2, 0.25) is 0 Å². The third kappa shape index (κ3) is 6.07. The second-order valence-corrected chi connectivity index (χ2v) is 27.6. The van der Waals surface area contributed by atoms with Crippen molar-refractivity contribution >= 4 is 140 Å². The first-order valence-electron chi connectivity index (χ1n) is 28.5. The third-order valence-electron chi connectivity index (χ3n) is 18.8. The quantitative estimate of drug-likeness (QED) is 0.120. The number of hydrogen-bond acceptors (Lipinski definition) is 0. The molecule has 0 aromatic heterocycles. The molecule has 0 spiro atoms. The van der Waals surface area contributed by atoms with Crippen LogP contribution in [-0.2, 0) is 21.7 Å². The molecule has 0 heteroatoms. The number of rotatable bonds is 2. The van der Waals surface area contributed by atoms with E-state index in [0.29, 0.717) is 0 Å². The molecule has 0 unspecified atom stereocenters. The Morgan fingerprint density at radius 1 is 0.192 bits per heavy atom. The summed E-state index contributed by atoms with van der Waals surface area (Å²) in [6, 6.07) is 67.8. The van der Waals surface area contributed by atoms with Crippen molar-refractivity contribution in [1.82, 2.24) is 0 Å². The zero-order valence-corrected chi connectivity index (χ0v) is 47.2. The van der Waals surface area contributed by atoms with Gasteiger partial charge in [-0.05, 0) is 218 Å². The Morgan fingerprint density at radius 2 is 0.436 bits per heavy atom. The van der Waals surface area contributed by atoms with Crippen LogP contribution in [0, 0.1) is 0 Å². The van der Waals surface area contributed by atoms with E-state index in [-0.39, 0.29) is 21.7 Å². The topological polar surface area (TPSA) is 0 Å². The van der Waals surface area contributed by atoms with Gasteiger partial charge in [0.05, 0.1) is 0 Å². The van der Waals surface area contributed by atoms with Crippen molar-refractivity contribution in [3.63, 3.8) is 0 Å². The highest BCUT2D eigenvalue weighted by molar-refractivity contribution is 6.48. The summed E-state index contributed by atoms with van der Waals surface area (Å²) in [4.78, 5) is 0. The van der Waals surface area contributed by atoms with Gasteiger partial charge in [-0.15, -0.1) is 0 Å². The van der Waals surface area contributed by atoms with Crippen LogP contribution in [0.25, 0.3) is 162 Å². The van der Waals surface area contributed by atoms with E-state index < -0.39 is 0 Å². The highest BCUT2D eigenvalue weighted by Gasteiger charge is 2.31. The Kier molecular flexibility index (Phi) is 8.83. The molecule has 0 aliphatic rings. The van der Waals surface area contributed by atoms with Gasteiger partial charge >= 0.3 is 0 Å². The summed E-state index contributed by atoms with van der Waals surface area (Å²) in [5, 5.41) is 34.8. The van der Waals surface area contributed by atoms with Gasteiger partial charge in [-0.2, -0.15) is 0 Å². The van der Waals surface area contributed by atoms with Crippen molar-refractivity contribution in [2.75, 3.05) is 0 Å². The molecular formula is C78H64. The summed E-state index contributed by atoms with van der Waals surface area (Å²) >= 11 is 0. The Hall–Kier alpha value is -8.06. The van der Waals surface area contributed by atoms with E-state index in [1.54, 1.807) is 0 Å². The van der Waals surface area contributed by atoms with Gasteiger partial charge in [-0.25, -0.2) is 0 Å². The average Bonchev–Trinajstić information content (AvgIpc) is 3.14. The number of benzene rings is 14. The zero-order chi connectivity index (χ0) is 53.4. The van der Waals surface area contributed by atoms with E-state index in [4.69, 9.17) is 0 Å². The lowest BCUT2D eigenvalue weighted by molar-refractivity contribution is 0.568. The molecule has 0 aliphatic carbocycles. The molecule has 16 aromatic rings. The van der Waals surface area contributed by atoms with Gasteiger partial charge < -0.3 is 0 Å². The maximum absolute atomic E-state index is 2.65. The van der Waals surface area contributed by atoms with Gasteiger partial charge in [0, 0.05) is 0 Å². The second kappa shape index (κ2) is 14.9. The molecule has 0 bridgehead atoms. The minimum Gasteiger partial charge on any atom is -0.0610 e. The van der Waals surface area contributed by atoms with Crippen LogP contribution in [0.2, 0.25) is 0 Å². The first-order valence-corrected chi connectivity index (χ1v) is 28.5. The molecule has 0 radical (unpaired) electrons. The van der Waals surface area contributed by atoms with Crippen LogP contribution >= 0.6 is 0 Å². The summed E-state index contributed by atoms with van der Waals surface area (Å²) in [5.41, 5.74) is 10.4. The molecule has 0 aliphatic heterocycles. The van der Waals surface area contributed by atoms with Crippen molar-refractivity contribution in [2.45, 2.75) is 105 Å². The normalized spacial score (nSPS) is 13.6. The van der Waals surface area contributed by atoms with Crippen LogP contribution in [0.4, 0.5) is 0 Å². The Balaban J connectivity index is 1.18. The fourth-order valence-electron chi connectivity index (χ4n) is 14.7. The summed E-state index contributed by atoms with van der Waals surface area (Å²) < 4.78 is 0. The smallest absolute Gasteiger partial charge is 0.000740 e. The fourth-order valence-corrected chi connectivity index (χ4v) is 14.7. The molecular weight excluding hydrogens is 937 g/mol. The van der Waals surface area contributed by atoms with Crippen LogP contribution < -0.4 is 0 Å². The Labute approximate surface area is 456 Å². The van der Waals surface area contributed by atoms with E-state index in [1.165, 1.54) is 185 Å². The fraction of sp³-hybridized carbons (Fsp3) is 0.205. The van der Waals surface area contributed by atoms with Gasteiger partial charge in [0.15, 0.2) is 0 Å².